The van der Waals surface area contributed by atoms with E-state index in [9.17, 15) is 14.9 Å². The van der Waals surface area contributed by atoms with Crippen LogP contribution in [0.5, 0.6) is 0 Å². The van der Waals surface area contributed by atoms with Crippen molar-refractivity contribution in [3.05, 3.63) is 27.9 Å². The van der Waals surface area contributed by atoms with Gasteiger partial charge in [-0.1, -0.05) is 12.8 Å². The van der Waals surface area contributed by atoms with Crippen LogP contribution in [0.15, 0.2) is 12.3 Å². The number of nitro groups is 1. The molecule has 1 aromatic rings. The van der Waals surface area contributed by atoms with E-state index in [4.69, 9.17) is 5.11 Å². The number of anilines is 1. The number of nitrogens with zero attached hydrogens (tertiary/aromatic N) is 2. The molecule has 0 aliphatic heterocycles. The van der Waals surface area contributed by atoms with Gasteiger partial charge in [-0.3, -0.25) is 14.9 Å². The van der Waals surface area contributed by atoms with Gasteiger partial charge in [-0.25, -0.2) is 4.98 Å². The van der Waals surface area contributed by atoms with Gasteiger partial charge in [-0.2, -0.15) is 0 Å². The summed E-state index contributed by atoms with van der Waals surface area (Å²) in [5, 5.41) is 23.0. The molecule has 0 unspecified atom stereocenters. The highest BCUT2D eigenvalue weighted by atomic mass is 16.6. The van der Waals surface area contributed by atoms with Crippen LogP contribution in [0.25, 0.3) is 0 Å². The predicted octanol–water partition coefficient (Wildman–Crippen LogP) is 2.50. The van der Waals surface area contributed by atoms with Gasteiger partial charge in [0.15, 0.2) is 0 Å². The van der Waals surface area contributed by atoms with E-state index in [1.165, 1.54) is 6.20 Å². The van der Waals surface area contributed by atoms with Gasteiger partial charge in [0.25, 0.3) is 5.69 Å². The van der Waals surface area contributed by atoms with E-state index in [1.54, 1.807) is 13.0 Å². The Bertz CT molecular complexity index is 538. The number of carboxylic acids is 1. The van der Waals surface area contributed by atoms with Crippen LogP contribution in [-0.2, 0) is 4.79 Å². The molecular weight excluding hydrogens is 262 g/mol. The fraction of sp³-hybridized carbons (Fsp3) is 0.538. The highest BCUT2D eigenvalue weighted by molar-refractivity contribution is 5.69. The smallest absolute Gasteiger partial charge is 0.305 e. The molecular formula is C13H17N3O4. The standard InChI is InChI=1S/C13H17N3O4/c1-9-6-11(14-8-10(9)16(19)20)15-13(7-12(17)18)4-2-3-5-13/h6,8H,2-5,7H2,1H3,(H,14,15)(H,17,18). The Labute approximate surface area is 116 Å². The van der Waals surface area contributed by atoms with E-state index < -0.39 is 16.4 Å². The van der Waals surface area contributed by atoms with Gasteiger partial charge in [0, 0.05) is 11.1 Å². The van der Waals surface area contributed by atoms with E-state index in [2.05, 4.69) is 10.3 Å². The third-order valence-electron chi connectivity index (χ3n) is 3.72. The molecule has 2 N–H and O–H groups in total. The molecule has 108 valence electrons. The van der Waals surface area contributed by atoms with E-state index in [0.717, 1.165) is 25.7 Å². The molecule has 7 nitrogen and oxygen atoms in total. The molecule has 20 heavy (non-hydrogen) atoms. The molecule has 0 aromatic carbocycles. The van der Waals surface area contributed by atoms with Gasteiger partial charge in [-0.05, 0) is 25.8 Å². The number of hydrogen-bond donors (Lipinski definition) is 2. The summed E-state index contributed by atoms with van der Waals surface area (Å²) in [6.45, 7) is 1.64. The molecule has 1 saturated carbocycles. The van der Waals surface area contributed by atoms with Crippen molar-refractivity contribution in [2.24, 2.45) is 0 Å². The van der Waals surface area contributed by atoms with Crippen LogP contribution in [-0.4, -0.2) is 26.5 Å². The van der Waals surface area contributed by atoms with Crippen molar-refractivity contribution in [2.45, 2.75) is 44.6 Å². The Morgan fingerprint density at radius 2 is 2.20 bits per heavy atom. The third-order valence-corrected chi connectivity index (χ3v) is 3.72. The van der Waals surface area contributed by atoms with Crippen LogP contribution in [0.4, 0.5) is 11.5 Å². The second kappa shape index (κ2) is 5.44. The molecule has 1 aromatic heterocycles. The minimum atomic E-state index is -0.849. The normalized spacial score (nSPS) is 16.9. The molecule has 7 heteroatoms. The number of carbonyl (C=O) groups is 1. The molecule has 0 saturated heterocycles. The summed E-state index contributed by atoms with van der Waals surface area (Å²) in [4.78, 5) is 25.3. The van der Waals surface area contributed by atoms with Crippen LogP contribution in [0.2, 0.25) is 0 Å². The van der Waals surface area contributed by atoms with Crippen molar-refractivity contribution in [1.82, 2.24) is 4.98 Å². The fourth-order valence-electron chi connectivity index (χ4n) is 2.77. The summed E-state index contributed by atoms with van der Waals surface area (Å²) < 4.78 is 0. The minimum absolute atomic E-state index is 0.0325. The quantitative estimate of drug-likeness (QED) is 0.633. The number of pyridine rings is 1. The summed E-state index contributed by atoms with van der Waals surface area (Å²) in [6.07, 6.45) is 4.75. The largest absolute Gasteiger partial charge is 0.481 e. The van der Waals surface area contributed by atoms with Crippen LogP contribution in [0.3, 0.4) is 0 Å². The Kier molecular flexibility index (Phi) is 3.87. The zero-order valence-electron chi connectivity index (χ0n) is 11.3. The van der Waals surface area contributed by atoms with E-state index in [1.807, 2.05) is 0 Å². The topological polar surface area (TPSA) is 105 Å². The fourth-order valence-corrected chi connectivity index (χ4v) is 2.77. The molecule has 1 aliphatic carbocycles. The van der Waals surface area contributed by atoms with Gasteiger partial charge < -0.3 is 10.4 Å². The molecule has 1 aliphatic rings. The number of nitrogens with one attached hydrogen (secondary N) is 1. The lowest BCUT2D eigenvalue weighted by Crippen LogP contribution is -2.37. The average Bonchev–Trinajstić information content (AvgIpc) is 2.75. The summed E-state index contributed by atoms with van der Waals surface area (Å²) in [5.41, 5.74) is -0.00765. The Balaban J connectivity index is 2.21. The van der Waals surface area contributed by atoms with E-state index in [-0.39, 0.29) is 12.1 Å². The molecule has 0 atom stereocenters. The van der Waals surface area contributed by atoms with Gasteiger partial charge >= 0.3 is 5.97 Å². The van der Waals surface area contributed by atoms with Crippen molar-refractivity contribution in [3.63, 3.8) is 0 Å². The maximum Gasteiger partial charge on any atom is 0.305 e. The number of aliphatic carboxylic acids is 1. The zero-order valence-corrected chi connectivity index (χ0v) is 11.3. The predicted molar refractivity (Wildman–Crippen MR) is 72.7 cm³/mol. The molecule has 1 fully saturated rings. The SMILES string of the molecule is Cc1cc(NC2(CC(=O)O)CCCC2)ncc1[N+](=O)[O-]. The Morgan fingerprint density at radius 3 is 2.70 bits per heavy atom. The third kappa shape index (κ3) is 3.04. The van der Waals surface area contributed by atoms with Gasteiger partial charge in [0.05, 0.1) is 11.3 Å². The van der Waals surface area contributed by atoms with Crippen molar-refractivity contribution < 1.29 is 14.8 Å². The summed E-state index contributed by atoms with van der Waals surface area (Å²) >= 11 is 0. The molecule has 0 bridgehead atoms. The first-order valence-corrected chi connectivity index (χ1v) is 6.53. The van der Waals surface area contributed by atoms with Crippen LogP contribution in [0.1, 0.15) is 37.7 Å². The lowest BCUT2D eigenvalue weighted by Gasteiger charge is -2.29. The number of aryl methyl sites for hydroxylation is 1. The van der Waals surface area contributed by atoms with Crippen LogP contribution in [0, 0.1) is 17.0 Å². The number of hydrogen-bond acceptors (Lipinski definition) is 5. The molecule has 0 amide bonds. The lowest BCUT2D eigenvalue weighted by molar-refractivity contribution is -0.385. The van der Waals surface area contributed by atoms with E-state index >= 15 is 0 Å². The first-order chi connectivity index (χ1) is 9.42. The Morgan fingerprint density at radius 1 is 1.55 bits per heavy atom. The second-order valence-electron chi connectivity index (χ2n) is 5.30. The van der Waals surface area contributed by atoms with Crippen molar-refractivity contribution in [3.8, 4) is 0 Å². The summed E-state index contributed by atoms with van der Waals surface area (Å²) in [6, 6.07) is 1.60. The molecule has 0 radical (unpaired) electrons. The zero-order chi connectivity index (χ0) is 14.8. The van der Waals surface area contributed by atoms with Crippen molar-refractivity contribution >= 4 is 17.5 Å². The monoisotopic (exact) mass is 279 g/mol. The van der Waals surface area contributed by atoms with Crippen molar-refractivity contribution in [2.75, 3.05) is 5.32 Å². The second-order valence-corrected chi connectivity index (χ2v) is 5.30. The number of aromatic nitrogens is 1. The summed E-state index contributed by atoms with van der Waals surface area (Å²) in [5.74, 6) is -0.353. The average molecular weight is 279 g/mol. The maximum absolute atomic E-state index is 11.0. The highest BCUT2D eigenvalue weighted by Gasteiger charge is 2.36. The van der Waals surface area contributed by atoms with Crippen molar-refractivity contribution in [1.29, 1.82) is 0 Å². The molecule has 0 spiro atoms. The number of carboxylic acid groups (broad SMARTS) is 1. The molecule has 2 rings (SSSR count). The van der Waals surface area contributed by atoms with Gasteiger partial charge in [0.2, 0.25) is 0 Å². The number of rotatable bonds is 5. The lowest BCUT2D eigenvalue weighted by atomic mass is 9.93. The first kappa shape index (κ1) is 14.2. The maximum atomic E-state index is 11.0. The minimum Gasteiger partial charge on any atom is -0.481 e. The van der Waals surface area contributed by atoms with Crippen LogP contribution < -0.4 is 5.32 Å². The van der Waals surface area contributed by atoms with Crippen LogP contribution >= 0.6 is 0 Å². The summed E-state index contributed by atoms with van der Waals surface area (Å²) in [7, 11) is 0. The van der Waals surface area contributed by atoms with Gasteiger partial charge in [-0.15, -0.1) is 0 Å². The first-order valence-electron chi connectivity index (χ1n) is 6.53. The Hall–Kier alpha value is -2.18. The molecule has 1 heterocycles. The van der Waals surface area contributed by atoms with Gasteiger partial charge in [0.1, 0.15) is 12.0 Å². The highest BCUT2D eigenvalue weighted by Crippen LogP contribution is 2.36. The van der Waals surface area contributed by atoms with E-state index in [0.29, 0.717) is 11.4 Å².